The fraction of sp³-hybridized carbons (Fsp3) is 0.520. The summed E-state index contributed by atoms with van der Waals surface area (Å²) in [4.78, 5) is 24.4. The molecule has 3 aromatic rings. The number of morpholine rings is 1. The van der Waals surface area contributed by atoms with Crippen LogP contribution in [0.4, 0.5) is 20.3 Å². The van der Waals surface area contributed by atoms with E-state index in [0.717, 1.165) is 37.9 Å². The van der Waals surface area contributed by atoms with E-state index in [9.17, 15) is 13.6 Å². The molecule has 1 aliphatic heterocycles. The molecule has 2 fully saturated rings. The van der Waals surface area contributed by atoms with Crippen LogP contribution in [-0.4, -0.2) is 52.0 Å². The normalized spacial score (nSPS) is 21.0. The first-order chi connectivity index (χ1) is 17.0. The molecule has 5 rings (SSSR count). The molecule has 3 aromatic heterocycles. The number of hydrogen-bond acceptors (Lipinski definition) is 6. The molecular weight excluding hydrogens is 454 g/mol. The summed E-state index contributed by atoms with van der Waals surface area (Å²) in [7, 11) is 0. The van der Waals surface area contributed by atoms with Crippen LogP contribution in [0.2, 0.25) is 0 Å². The van der Waals surface area contributed by atoms with Crippen molar-refractivity contribution in [2.24, 2.45) is 5.92 Å². The zero-order valence-electron chi connectivity index (χ0n) is 19.8. The van der Waals surface area contributed by atoms with Crippen molar-refractivity contribution in [3.05, 3.63) is 41.9 Å². The van der Waals surface area contributed by atoms with Crippen molar-refractivity contribution in [3.8, 4) is 0 Å². The Labute approximate surface area is 202 Å². The van der Waals surface area contributed by atoms with Crippen molar-refractivity contribution in [3.63, 3.8) is 0 Å². The van der Waals surface area contributed by atoms with Gasteiger partial charge in [0.05, 0.1) is 36.0 Å². The van der Waals surface area contributed by atoms with Crippen LogP contribution in [0.1, 0.15) is 67.5 Å². The number of pyridine rings is 2. The summed E-state index contributed by atoms with van der Waals surface area (Å²) < 4.78 is 34.7. The molecule has 4 heterocycles. The number of ether oxygens (including phenoxy) is 1. The molecule has 0 bridgehead atoms. The van der Waals surface area contributed by atoms with Crippen LogP contribution in [0.5, 0.6) is 0 Å². The number of anilines is 2. The molecule has 0 radical (unpaired) electrons. The fourth-order valence-corrected chi connectivity index (χ4v) is 5.02. The molecule has 10 heteroatoms. The second-order valence-electron chi connectivity index (χ2n) is 9.24. The van der Waals surface area contributed by atoms with Crippen LogP contribution >= 0.6 is 0 Å². The van der Waals surface area contributed by atoms with E-state index >= 15 is 0 Å². The molecule has 186 valence electrons. The topological polar surface area (TPSA) is 85.2 Å². The number of rotatable bonds is 6. The van der Waals surface area contributed by atoms with Crippen LogP contribution < -0.4 is 10.2 Å². The number of fused-ring (bicyclic) bond motifs is 1. The molecular formula is C25H30F2N6O2. The zero-order chi connectivity index (χ0) is 24.4. The smallest absolute Gasteiger partial charge is 0.284 e. The lowest BCUT2D eigenvalue weighted by atomic mass is 9.85. The standard InChI is InChI=1S/C25H30F2N6O2/c1-2-16-3-5-17(6-4-16)33-15-20(23(31-33)24(26)27)29-25(34)18-9-10-28-19-7-8-21(30-22(18)19)32-11-13-35-14-12-32/h7-10,15-17,24H,2-6,11-14H2,1H3,(H,29,34). The maximum absolute atomic E-state index is 13.8. The quantitative estimate of drug-likeness (QED) is 0.530. The second kappa shape index (κ2) is 10.2. The Kier molecular flexibility index (Phi) is 6.90. The molecule has 2 aliphatic rings. The van der Waals surface area contributed by atoms with Crippen LogP contribution in [0.25, 0.3) is 11.0 Å². The van der Waals surface area contributed by atoms with Crippen molar-refractivity contribution < 1.29 is 18.3 Å². The van der Waals surface area contributed by atoms with E-state index < -0.39 is 18.0 Å². The van der Waals surface area contributed by atoms with Gasteiger partial charge >= 0.3 is 0 Å². The zero-order valence-corrected chi connectivity index (χ0v) is 19.8. The number of aromatic nitrogens is 4. The Morgan fingerprint density at radius 3 is 2.66 bits per heavy atom. The Morgan fingerprint density at radius 2 is 1.94 bits per heavy atom. The lowest BCUT2D eigenvalue weighted by Gasteiger charge is -2.28. The van der Waals surface area contributed by atoms with Crippen molar-refractivity contribution in [2.75, 3.05) is 36.5 Å². The number of halogens is 2. The third kappa shape index (κ3) is 4.98. The summed E-state index contributed by atoms with van der Waals surface area (Å²) in [6, 6.07) is 5.32. The first-order valence-electron chi connectivity index (χ1n) is 12.3. The van der Waals surface area contributed by atoms with Gasteiger partial charge in [-0.1, -0.05) is 13.3 Å². The molecule has 1 amide bonds. The van der Waals surface area contributed by atoms with Gasteiger partial charge in [-0.3, -0.25) is 14.5 Å². The molecule has 35 heavy (non-hydrogen) atoms. The molecule has 1 saturated carbocycles. The summed E-state index contributed by atoms with van der Waals surface area (Å²) in [6.07, 6.45) is 5.34. The average Bonchev–Trinajstić information content (AvgIpc) is 3.32. The number of carbonyl (C=O) groups is 1. The van der Waals surface area contributed by atoms with Gasteiger partial charge in [0.1, 0.15) is 11.3 Å². The monoisotopic (exact) mass is 484 g/mol. The number of carbonyl (C=O) groups excluding carboxylic acids is 1. The van der Waals surface area contributed by atoms with E-state index in [1.54, 1.807) is 16.9 Å². The number of nitrogens with zero attached hydrogens (tertiary/aromatic N) is 5. The summed E-state index contributed by atoms with van der Waals surface area (Å²) in [6.45, 7) is 4.82. The van der Waals surface area contributed by atoms with Crippen LogP contribution in [-0.2, 0) is 4.74 Å². The average molecular weight is 485 g/mol. The third-order valence-corrected chi connectivity index (χ3v) is 7.13. The Bertz CT molecular complexity index is 1190. The number of hydrogen-bond donors (Lipinski definition) is 1. The van der Waals surface area contributed by atoms with Gasteiger partial charge in [-0.25, -0.2) is 13.8 Å². The van der Waals surface area contributed by atoms with Crippen LogP contribution in [0, 0.1) is 5.92 Å². The minimum absolute atomic E-state index is 0.0388. The highest BCUT2D eigenvalue weighted by Gasteiger charge is 2.27. The summed E-state index contributed by atoms with van der Waals surface area (Å²) in [5.41, 5.74) is 0.903. The van der Waals surface area contributed by atoms with Gasteiger partial charge in [0.25, 0.3) is 12.3 Å². The largest absolute Gasteiger partial charge is 0.378 e. The Balaban J connectivity index is 1.41. The lowest BCUT2D eigenvalue weighted by Crippen LogP contribution is -2.36. The van der Waals surface area contributed by atoms with E-state index in [4.69, 9.17) is 9.72 Å². The van der Waals surface area contributed by atoms with Crippen molar-refractivity contribution in [1.29, 1.82) is 0 Å². The van der Waals surface area contributed by atoms with Gasteiger partial charge in [-0.15, -0.1) is 0 Å². The summed E-state index contributed by atoms with van der Waals surface area (Å²) in [5, 5.41) is 6.85. The minimum atomic E-state index is -2.79. The predicted octanol–water partition coefficient (Wildman–Crippen LogP) is 4.99. The van der Waals surface area contributed by atoms with E-state index in [0.29, 0.717) is 43.3 Å². The molecule has 0 atom stereocenters. The van der Waals surface area contributed by atoms with Crippen LogP contribution in [0.3, 0.4) is 0 Å². The van der Waals surface area contributed by atoms with Gasteiger partial charge in [0.2, 0.25) is 0 Å². The molecule has 1 saturated heterocycles. The van der Waals surface area contributed by atoms with Gasteiger partial charge in [0.15, 0.2) is 5.69 Å². The molecule has 0 spiro atoms. The highest BCUT2D eigenvalue weighted by atomic mass is 19.3. The number of alkyl halides is 2. The molecule has 1 N–H and O–H groups in total. The van der Waals surface area contributed by atoms with Crippen molar-refractivity contribution >= 4 is 28.4 Å². The van der Waals surface area contributed by atoms with Gasteiger partial charge < -0.3 is 15.0 Å². The molecule has 0 aromatic carbocycles. The first-order valence-corrected chi connectivity index (χ1v) is 12.3. The summed E-state index contributed by atoms with van der Waals surface area (Å²) >= 11 is 0. The van der Waals surface area contributed by atoms with Gasteiger partial charge in [-0.05, 0) is 49.8 Å². The summed E-state index contributed by atoms with van der Waals surface area (Å²) in [5.74, 6) is 0.900. The van der Waals surface area contributed by atoms with E-state index in [-0.39, 0.29) is 17.3 Å². The van der Waals surface area contributed by atoms with Crippen LogP contribution in [0.15, 0.2) is 30.6 Å². The minimum Gasteiger partial charge on any atom is -0.378 e. The highest BCUT2D eigenvalue weighted by Crippen LogP contribution is 2.36. The highest BCUT2D eigenvalue weighted by molar-refractivity contribution is 6.11. The van der Waals surface area contributed by atoms with Gasteiger partial charge in [0, 0.05) is 25.5 Å². The number of amides is 1. The Morgan fingerprint density at radius 1 is 1.17 bits per heavy atom. The molecule has 1 aliphatic carbocycles. The predicted molar refractivity (Wildman–Crippen MR) is 129 cm³/mol. The Hall–Kier alpha value is -3.14. The maximum Gasteiger partial charge on any atom is 0.284 e. The van der Waals surface area contributed by atoms with E-state index in [2.05, 4.69) is 27.2 Å². The number of nitrogens with one attached hydrogen (secondary N) is 1. The maximum atomic E-state index is 13.8. The molecule has 8 nitrogen and oxygen atoms in total. The fourth-order valence-electron chi connectivity index (χ4n) is 5.02. The first kappa shape index (κ1) is 23.6. The van der Waals surface area contributed by atoms with Gasteiger partial charge in [-0.2, -0.15) is 5.10 Å². The van der Waals surface area contributed by atoms with Crippen molar-refractivity contribution in [1.82, 2.24) is 19.7 Å². The van der Waals surface area contributed by atoms with E-state index in [1.807, 2.05) is 12.1 Å². The SMILES string of the molecule is CCC1CCC(n2cc(NC(=O)c3ccnc4ccc(N5CCOCC5)nc34)c(C(F)F)n2)CC1. The van der Waals surface area contributed by atoms with Crippen molar-refractivity contribution in [2.45, 2.75) is 51.5 Å². The molecule has 0 unspecified atom stereocenters. The third-order valence-electron chi connectivity index (χ3n) is 7.13. The second-order valence-corrected chi connectivity index (χ2v) is 9.24. The van der Waals surface area contributed by atoms with E-state index in [1.165, 1.54) is 6.20 Å². The lowest BCUT2D eigenvalue weighted by molar-refractivity contribution is 0.102.